The van der Waals surface area contributed by atoms with Gasteiger partial charge in [-0.1, -0.05) is 12.1 Å². The molecular weight excluding hydrogens is 183 g/mol. The molecule has 0 spiro atoms. The summed E-state index contributed by atoms with van der Waals surface area (Å²) in [5.41, 5.74) is 6.69. The van der Waals surface area contributed by atoms with E-state index in [0.717, 1.165) is 5.39 Å². The topological polar surface area (TPSA) is 62.0 Å². The highest BCUT2D eigenvalue weighted by Gasteiger charge is 2.09. The molecule has 0 saturated heterocycles. The van der Waals surface area contributed by atoms with Crippen molar-refractivity contribution in [2.24, 2.45) is 5.73 Å². The molecule has 2 rings (SSSR count). The highest BCUT2D eigenvalue weighted by atomic mass is 19.1. The van der Waals surface area contributed by atoms with E-state index in [9.17, 15) is 4.39 Å². The number of rotatable bonds is 2. The Morgan fingerprint density at radius 2 is 2.29 bits per heavy atom. The Morgan fingerprint density at radius 1 is 1.50 bits per heavy atom. The fraction of sp³-hybridized carbons (Fsp3) is 0.200. The van der Waals surface area contributed by atoms with Crippen LogP contribution in [0.15, 0.2) is 24.3 Å². The number of aliphatic hydroxyl groups is 1. The van der Waals surface area contributed by atoms with E-state index < -0.39 is 6.04 Å². The number of fused-ring (bicyclic) bond motifs is 1. The number of aliphatic hydroxyl groups excluding tert-OH is 1. The van der Waals surface area contributed by atoms with Crippen LogP contribution in [0.4, 0.5) is 4.39 Å². The number of para-hydroxylation sites is 1. The van der Waals surface area contributed by atoms with Crippen LogP contribution in [0.2, 0.25) is 0 Å². The molecule has 74 valence electrons. The summed E-state index contributed by atoms with van der Waals surface area (Å²) in [6.07, 6.45) is 0. The van der Waals surface area contributed by atoms with E-state index in [4.69, 9.17) is 10.8 Å². The Bertz CT molecular complexity index is 452. The third-order valence-corrected chi connectivity index (χ3v) is 2.22. The standard InChI is InChI=1S/C10H11FN2O/c11-7-3-1-2-6-4-9(8(12)5-14)13-10(6)7/h1-4,8,13-14H,5,12H2/t8-/m1/s1. The van der Waals surface area contributed by atoms with Gasteiger partial charge in [0.05, 0.1) is 18.2 Å². The van der Waals surface area contributed by atoms with Crippen molar-refractivity contribution in [3.8, 4) is 0 Å². The number of nitrogens with one attached hydrogen (secondary N) is 1. The van der Waals surface area contributed by atoms with Gasteiger partial charge in [-0.25, -0.2) is 4.39 Å². The first-order valence-corrected chi connectivity index (χ1v) is 4.36. The smallest absolute Gasteiger partial charge is 0.147 e. The molecule has 0 saturated carbocycles. The summed E-state index contributed by atoms with van der Waals surface area (Å²) in [6.45, 7) is -0.158. The molecule has 14 heavy (non-hydrogen) atoms. The van der Waals surface area contributed by atoms with Crippen molar-refractivity contribution in [2.75, 3.05) is 6.61 Å². The van der Waals surface area contributed by atoms with Crippen molar-refractivity contribution >= 4 is 10.9 Å². The summed E-state index contributed by atoms with van der Waals surface area (Å²) >= 11 is 0. The second kappa shape index (κ2) is 3.40. The summed E-state index contributed by atoms with van der Waals surface area (Å²) in [6, 6.07) is 6.08. The van der Waals surface area contributed by atoms with Crippen LogP contribution in [0.5, 0.6) is 0 Å². The first kappa shape index (κ1) is 9.18. The van der Waals surface area contributed by atoms with Gasteiger partial charge < -0.3 is 15.8 Å². The zero-order chi connectivity index (χ0) is 10.1. The molecule has 0 bridgehead atoms. The number of hydrogen-bond donors (Lipinski definition) is 3. The van der Waals surface area contributed by atoms with E-state index in [1.807, 2.05) is 0 Å². The second-order valence-corrected chi connectivity index (χ2v) is 3.22. The van der Waals surface area contributed by atoms with Gasteiger partial charge in [-0.15, -0.1) is 0 Å². The van der Waals surface area contributed by atoms with E-state index in [-0.39, 0.29) is 12.4 Å². The van der Waals surface area contributed by atoms with Crippen molar-refractivity contribution in [3.63, 3.8) is 0 Å². The van der Waals surface area contributed by atoms with Crippen LogP contribution in [0.1, 0.15) is 11.7 Å². The molecule has 0 unspecified atom stereocenters. The third-order valence-electron chi connectivity index (χ3n) is 2.22. The molecule has 1 aromatic carbocycles. The van der Waals surface area contributed by atoms with Gasteiger partial charge in [0.15, 0.2) is 0 Å². The summed E-state index contributed by atoms with van der Waals surface area (Å²) in [7, 11) is 0. The second-order valence-electron chi connectivity index (χ2n) is 3.22. The first-order valence-electron chi connectivity index (χ1n) is 4.36. The number of aromatic amines is 1. The molecule has 1 aromatic heterocycles. The fourth-order valence-corrected chi connectivity index (χ4v) is 1.44. The minimum Gasteiger partial charge on any atom is -0.394 e. The van der Waals surface area contributed by atoms with Crippen molar-refractivity contribution < 1.29 is 9.50 Å². The molecule has 0 aliphatic heterocycles. The van der Waals surface area contributed by atoms with Gasteiger partial charge in [0.25, 0.3) is 0 Å². The fourth-order valence-electron chi connectivity index (χ4n) is 1.44. The summed E-state index contributed by atoms with van der Waals surface area (Å²) in [5, 5.41) is 9.61. The van der Waals surface area contributed by atoms with Crippen LogP contribution in [0.3, 0.4) is 0 Å². The van der Waals surface area contributed by atoms with Crippen LogP contribution in [-0.2, 0) is 0 Å². The lowest BCUT2D eigenvalue weighted by molar-refractivity contribution is 0.266. The number of H-pyrrole nitrogens is 1. The average Bonchev–Trinajstić information content (AvgIpc) is 2.62. The molecule has 1 heterocycles. The average molecular weight is 194 g/mol. The minimum atomic E-state index is -0.484. The predicted molar refractivity (Wildman–Crippen MR) is 52.3 cm³/mol. The van der Waals surface area contributed by atoms with Gasteiger partial charge >= 0.3 is 0 Å². The number of benzene rings is 1. The van der Waals surface area contributed by atoms with Crippen molar-refractivity contribution in [2.45, 2.75) is 6.04 Å². The Hall–Kier alpha value is -1.39. The molecule has 2 aromatic rings. The van der Waals surface area contributed by atoms with Gasteiger partial charge in [-0.05, 0) is 12.1 Å². The van der Waals surface area contributed by atoms with Gasteiger partial charge in [0, 0.05) is 11.1 Å². The largest absolute Gasteiger partial charge is 0.394 e. The van der Waals surface area contributed by atoms with Crippen molar-refractivity contribution in [3.05, 3.63) is 35.8 Å². The third kappa shape index (κ3) is 1.38. The van der Waals surface area contributed by atoms with Crippen LogP contribution < -0.4 is 5.73 Å². The number of hydrogen-bond acceptors (Lipinski definition) is 2. The lowest BCUT2D eigenvalue weighted by Crippen LogP contribution is -2.14. The maximum Gasteiger partial charge on any atom is 0.147 e. The quantitative estimate of drug-likeness (QED) is 0.674. The molecule has 0 fully saturated rings. The Morgan fingerprint density at radius 3 is 2.93 bits per heavy atom. The first-order chi connectivity index (χ1) is 6.72. The van der Waals surface area contributed by atoms with Crippen molar-refractivity contribution in [1.82, 2.24) is 4.98 Å². The Balaban J connectivity index is 2.56. The number of aromatic nitrogens is 1. The van der Waals surface area contributed by atoms with Crippen molar-refractivity contribution in [1.29, 1.82) is 0 Å². The van der Waals surface area contributed by atoms with Crippen LogP contribution in [0.25, 0.3) is 10.9 Å². The van der Waals surface area contributed by atoms with E-state index in [0.29, 0.717) is 11.2 Å². The Kier molecular flexibility index (Phi) is 2.23. The normalized spacial score (nSPS) is 13.4. The molecule has 0 aliphatic carbocycles. The van der Waals surface area contributed by atoms with Gasteiger partial charge in [0.1, 0.15) is 5.82 Å². The predicted octanol–water partition coefficient (Wildman–Crippen LogP) is 1.30. The molecule has 1 atom stereocenters. The van der Waals surface area contributed by atoms with Gasteiger partial charge in [0.2, 0.25) is 0 Å². The Labute approximate surface area is 80.4 Å². The highest BCUT2D eigenvalue weighted by Crippen LogP contribution is 2.20. The highest BCUT2D eigenvalue weighted by molar-refractivity contribution is 5.81. The molecule has 0 aliphatic rings. The maximum atomic E-state index is 13.2. The monoisotopic (exact) mass is 194 g/mol. The summed E-state index contributed by atoms with van der Waals surface area (Å²) < 4.78 is 13.2. The molecular formula is C10H11FN2O. The van der Waals surface area contributed by atoms with E-state index in [1.165, 1.54) is 6.07 Å². The summed E-state index contributed by atoms with van der Waals surface area (Å²) in [5.74, 6) is -0.307. The van der Waals surface area contributed by atoms with Gasteiger partial charge in [-0.2, -0.15) is 0 Å². The number of halogens is 1. The molecule has 4 N–H and O–H groups in total. The van der Waals surface area contributed by atoms with E-state index in [2.05, 4.69) is 4.98 Å². The minimum absolute atomic E-state index is 0.158. The van der Waals surface area contributed by atoms with Gasteiger partial charge in [-0.3, -0.25) is 0 Å². The van der Waals surface area contributed by atoms with Crippen LogP contribution >= 0.6 is 0 Å². The molecule has 0 amide bonds. The summed E-state index contributed by atoms with van der Waals surface area (Å²) in [4.78, 5) is 2.85. The van der Waals surface area contributed by atoms with Crippen LogP contribution in [0, 0.1) is 5.82 Å². The molecule has 0 radical (unpaired) electrons. The SMILES string of the molecule is N[C@H](CO)c1cc2cccc(F)c2[nH]1. The zero-order valence-electron chi connectivity index (χ0n) is 7.50. The zero-order valence-corrected chi connectivity index (χ0v) is 7.50. The molecule has 4 heteroatoms. The lowest BCUT2D eigenvalue weighted by atomic mass is 10.2. The lowest BCUT2D eigenvalue weighted by Gasteiger charge is -2.03. The number of nitrogens with two attached hydrogens (primary N) is 1. The maximum absolute atomic E-state index is 13.2. The van der Waals surface area contributed by atoms with Crippen LogP contribution in [-0.4, -0.2) is 16.7 Å². The van der Waals surface area contributed by atoms with E-state index in [1.54, 1.807) is 18.2 Å². The molecule has 3 nitrogen and oxygen atoms in total. The van der Waals surface area contributed by atoms with E-state index >= 15 is 0 Å².